The summed E-state index contributed by atoms with van der Waals surface area (Å²) in [5.74, 6) is 1.44. The lowest BCUT2D eigenvalue weighted by Crippen LogP contribution is -2.37. The molecule has 136 valence electrons. The van der Waals surface area contributed by atoms with E-state index in [4.69, 9.17) is 5.11 Å². The normalized spacial score (nSPS) is 21.6. The van der Waals surface area contributed by atoms with Crippen LogP contribution < -0.4 is 0 Å². The Morgan fingerprint density at radius 2 is 1.96 bits per heavy atom. The van der Waals surface area contributed by atoms with Crippen LogP contribution in [-0.2, 0) is 13.1 Å². The van der Waals surface area contributed by atoms with E-state index in [9.17, 15) is 0 Å². The molecule has 5 nitrogen and oxygen atoms in total. The van der Waals surface area contributed by atoms with E-state index in [1.807, 2.05) is 4.68 Å². The highest BCUT2D eigenvalue weighted by atomic mass is 35.5. The van der Waals surface area contributed by atoms with Gasteiger partial charge in [0.2, 0.25) is 0 Å². The second-order valence-electron chi connectivity index (χ2n) is 6.86. The van der Waals surface area contributed by atoms with Gasteiger partial charge in [0, 0.05) is 37.4 Å². The molecule has 0 aliphatic carbocycles. The standard InChI is InChI=1S/C16H30N4O.2ClH/c1-12(2)15-10-19(11-16(15)18(4)5)8-14-9-20(6-7-21)17-13(14)3;;/h9,12,15-16,21H,6-8,10-11H2,1-5H3;2*1H/t15-,16+;;/m1../s1. The van der Waals surface area contributed by atoms with Gasteiger partial charge in [-0.25, -0.2) is 0 Å². The van der Waals surface area contributed by atoms with Gasteiger partial charge < -0.3 is 10.0 Å². The maximum atomic E-state index is 9.02. The van der Waals surface area contributed by atoms with Crippen LogP contribution in [-0.4, -0.2) is 64.5 Å². The van der Waals surface area contributed by atoms with Gasteiger partial charge in [-0.05, 0) is 32.9 Å². The summed E-state index contributed by atoms with van der Waals surface area (Å²) in [6.45, 7) is 10.7. The van der Waals surface area contributed by atoms with Crippen LogP contribution in [0.3, 0.4) is 0 Å². The highest BCUT2D eigenvalue weighted by Crippen LogP contribution is 2.28. The lowest BCUT2D eigenvalue weighted by Gasteiger charge is -2.27. The molecule has 0 amide bonds. The number of aliphatic hydroxyl groups is 1. The first-order valence-corrected chi connectivity index (χ1v) is 7.95. The predicted molar refractivity (Wildman–Crippen MR) is 99.6 cm³/mol. The van der Waals surface area contributed by atoms with Crippen LogP contribution in [0.15, 0.2) is 6.20 Å². The van der Waals surface area contributed by atoms with Crippen LogP contribution >= 0.6 is 24.8 Å². The minimum absolute atomic E-state index is 0. The van der Waals surface area contributed by atoms with Crippen LogP contribution in [0.25, 0.3) is 0 Å². The molecule has 1 aliphatic heterocycles. The molecule has 2 rings (SSSR count). The maximum Gasteiger partial charge on any atom is 0.0641 e. The van der Waals surface area contributed by atoms with Gasteiger partial charge in [-0.2, -0.15) is 5.10 Å². The Balaban J connectivity index is 0.00000242. The molecule has 2 atom stereocenters. The van der Waals surface area contributed by atoms with Gasteiger partial charge in [0.15, 0.2) is 0 Å². The van der Waals surface area contributed by atoms with Gasteiger partial charge in [-0.15, -0.1) is 24.8 Å². The molecule has 1 aromatic rings. The molecule has 7 heteroatoms. The number of aliphatic hydroxyl groups excluding tert-OH is 1. The SMILES string of the molecule is Cc1nn(CCO)cc1CN1C[C@H](C(C)C)[C@@H](N(C)C)C1.Cl.Cl. The van der Waals surface area contributed by atoms with Crippen LogP contribution in [0.2, 0.25) is 0 Å². The molecule has 23 heavy (non-hydrogen) atoms. The fourth-order valence-electron chi connectivity index (χ4n) is 3.40. The second-order valence-corrected chi connectivity index (χ2v) is 6.86. The smallest absolute Gasteiger partial charge is 0.0641 e. The molecule has 2 heterocycles. The maximum absolute atomic E-state index is 9.02. The van der Waals surface area contributed by atoms with E-state index in [2.05, 4.69) is 56.0 Å². The van der Waals surface area contributed by atoms with Gasteiger partial charge in [0.05, 0.1) is 18.8 Å². The third kappa shape index (κ3) is 5.61. The van der Waals surface area contributed by atoms with Crippen molar-refractivity contribution in [1.82, 2.24) is 19.6 Å². The fourth-order valence-corrected chi connectivity index (χ4v) is 3.40. The molecule has 1 aromatic heterocycles. The summed E-state index contributed by atoms with van der Waals surface area (Å²) < 4.78 is 1.85. The third-order valence-electron chi connectivity index (χ3n) is 4.70. The Kier molecular flexibility index (Phi) is 9.70. The molecule has 1 fully saturated rings. The van der Waals surface area contributed by atoms with Crippen molar-refractivity contribution in [2.75, 3.05) is 33.8 Å². The summed E-state index contributed by atoms with van der Waals surface area (Å²) in [6, 6.07) is 0.637. The monoisotopic (exact) mass is 366 g/mol. The van der Waals surface area contributed by atoms with Crippen molar-refractivity contribution < 1.29 is 5.11 Å². The Labute approximate surface area is 152 Å². The van der Waals surface area contributed by atoms with E-state index >= 15 is 0 Å². The van der Waals surface area contributed by atoms with Crippen molar-refractivity contribution in [1.29, 1.82) is 0 Å². The molecule has 0 aromatic carbocycles. The average Bonchev–Trinajstić information content (AvgIpc) is 2.95. The van der Waals surface area contributed by atoms with Crippen molar-refractivity contribution in [2.45, 2.75) is 39.9 Å². The molecule has 0 radical (unpaired) electrons. The molecular weight excluding hydrogens is 335 g/mol. The topological polar surface area (TPSA) is 44.5 Å². The Bertz CT molecular complexity index is 449. The number of likely N-dealkylation sites (N-methyl/N-ethyl adjacent to an activating group) is 1. The van der Waals surface area contributed by atoms with Crippen molar-refractivity contribution in [3.05, 3.63) is 17.5 Å². The molecular formula is C16H32Cl2N4O. The molecule has 1 aliphatic rings. The number of hydrogen-bond donors (Lipinski definition) is 1. The van der Waals surface area contributed by atoms with E-state index in [1.165, 1.54) is 5.56 Å². The number of hydrogen-bond acceptors (Lipinski definition) is 4. The van der Waals surface area contributed by atoms with E-state index < -0.39 is 0 Å². The number of rotatable bonds is 6. The number of aryl methyl sites for hydroxylation is 1. The minimum atomic E-state index is 0. The van der Waals surface area contributed by atoms with E-state index in [-0.39, 0.29) is 31.4 Å². The summed E-state index contributed by atoms with van der Waals surface area (Å²) in [5, 5.41) is 13.5. The van der Waals surface area contributed by atoms with Crippen LogP contribution in [0.5, 0.6) is 0 Å². The van der Waals surface area contributed by atoms with Crippen LogP contribution in [0.1, 0.15) is 25.1 Å². The summed E-state index contributed by atoms with van der Waals surface area (Å²) >= 11 is 0. The Hall–Kier alpha value is -0.330. The van der Waals surface area contributed by atoms with Gasteiger partial charge in [0.25, 0.3) is 0 Å². The van der Waals surface area contributed by atoms with Gasteiger partial charge in [0.1, 0.15) is 0 Å². The zero-order valence-electron chi connectivity index (χ0n) is 14.9. The van der Waals surface area contributed by atoms with Crippen molar-refractivity contribution in [3.8, 4) is 0 Å². The summed E-state index contributed by atoms with van der Waals surface area (Å²) in [5.41, 5.74) is 2.36. The quantitative estimate of drug-likeness (QED) is 0.836. The zero-order chi connectivity index (χ0) is 15.6. The number of nitrogens with zero attached hydrogens (tertiary/aromatic N) is 4. The summed E-state index contributed by atoms with van der Waals surface area (Å²) in [7, 11) is 4.38. The number of halogens is 2. The van der Waals surface area contributed by atoms with Gasteiger partial charge in [-0.1, -0.05) is 13.8 Å². The largest absolute Gasteiger partial charge is 0.394 e. The molecule has 0 spiro atoms. The third-order valence-corrected chi connectivity index (χ3v) is 4.70. The fraction of sp³-hybridized carbons (Fsp3) is 0.812. The lowest BCUT2D eigenvalue weighted by molar-refractivity contribution is 0.215. The van der Waals surface area contributed by atoms with Crippen LogP contribution in [0.4, 0.5) is 0 Å². The van der Waals surface area contributed by atoms with Crippen molar-refractivity contribution >= 4 is 24.8 Å². The van der Waals surface area contributed by atoms with Gasteiger partial charge in [-0.3, -0.25) is 9.58 Å². The first kappa shape index (κ1) is 22.7. The Morgan fingerprint density at radius 3 is 2.43 bits per heavy atom. The summed E-state index contributed by atoms with van der Waals surface area (Å²) in [4.78, 5) is 4.91. The van der Waals surface area contributed by atoms with E-state index in [0.29, 0.717) is 18.5 Å². The molecule has 1 N–H and O–H groups in total. The van der Waals surface area contributed by atoms with Crippen molar-refractivity contribution in [2.24, 2.45) is 11.8 Å². The highest BCUT2D eigenvalue weighted by Gasteiger charge is 2.35. The molecule has 0 bridgehead atoms. The molecule has 0 unspecified atom stereocenters. The van der Waals surface area contributed by atoms with Crippen molar-refractivity contribution in [3.63, 3.8) is 0 Å². The molecule has 0 saturated carbocycles. The number of likely N-dealkylation sites (tertiary alicyclic amines) is 1. The first-order valence-electron chi connectivity index (χ1n) is 7.95. The Morgan fingerprint density at radius 1 is 1.30 bits per heavy atom. The zero-order valence-corrected chi connectivity index (χ0v) is 16.5. The van der Waals surface area contributed by atoms with Gasteiger partial charge >= 0.3 is 0 Å². The second kappa shape index (κ2) is 9.84. The summed E-state index contributed by atoms with van der Waals surface area (Å²) in [6.07, 6.45) is 2.08. The predicted octanol–water partition coefficient (Wildman–Crippen LogP) is 2.05. The average molecular weight is 367 g/mol. The van der Waals surface area contributed by atoms with Crippen LogP contribution in [0, 0.1) is 18.8 Å². The van der Waals surface area contributed by atoms with E-state index in [0.717, 1.165) is 31.2 Å². The molecule has 1 saturated heterocycles. The first-order chi connectivity index (χ1) is 9.92. The highest BCUT2D eigenvalue weighted by molar-refractivity contribution is 5.85. The number of aromatic nitrogens is 2. The minimum Gasteiger partial charge on any atom is -0.394 e. The van der Waals surface area contributed by atoms with E-state index in [1.54, 1.807) is 0 Å². The lowest BCUT2D eigenvalue weighted by atomic mass is 9.91.